The molecule has 120 valence electrons. The first kappa shape index (κ1) is 18.7. The third-order valence-corrected chi connectivity index (χ3v) is 5.19. The smallest absolute Gasteiger partial charge is 0.273 e. The largest absolute Gasteiger partial charge is 0.333 e. The Morgan fingerprint density at radius 1 is 1.43 bits per heavy atom. The van der Waals surface area contributed by atoms with E-state index in [1.54, 1.807) is 11.3 Å². The molecule has 1 aromatic rings. The van der Waals surface area contributed by atoms with Crippen molar-refractivity contribution in [2.75, 3.05) is 13.1 Å². The highest BCUT2D eigenvalue weighted by molar-refractivity contribution is 7.10. The Kier molecular flexibility index (Phi) is 6.91. The molecule has 0 spiro atoms. The van der Waals surface area contributed by atoms with Gasteiger partial charge in [-0.1, -0.05) is 6.92 Å². The fourth-order valence-electron chi connectivity index (χ4n) is 2.79. The third kappa shape index (κ3) is 4.09. The number of aromatic nitrogens is 1. The molecule has 3 rings (SSSR count). The average Bonchev–Trinajstić information content (AvgIpc) is 3.15. The van der Waals surface area contributed by atoms with Crippen molar-refractivity contribution in [2.45, 2.75) is 44.6 Å². The van der Waals surface area contributed by atoms with Crippen LogP contribution in [0.25, 0.3) is 0 Å². The molecule has 1 aliphatic carbocycles. The number of hydrogen-bond donors (Lipinski definition) is 1. The van der Waals surface area contributed by atoms with Crippen molar-refractivity contribution in [3.63, 3.8) is 0 Å². The van der Waals surface area contributed by atoms with Gasteiger partial charge in [0.1, 0.15) is 5.69 Å². The standard InChI is InChI=1S/C14H21N3OS.2ClH/c1-9-4-5-17(11(6-9)7-15)14(18)12-8-19-13(16-12)10-2-3-10;;/h8-11H,2-7,15H2,1H3;2*1H. The molecule has 2 N–H and O–H groups in total. The van der Waals surface area contributed by atoms with Crippen LogP contribution in [0.5, 0.6) is 0 Å². The molecule has 21 heavy (non-hydrogen) atoms. The topological polar surface area (TPSA) is 59.2 Å². The van der Waals surface area contributed by atoms with Gasteiger partial charge in [-0.15, -0.1) is 36.2 Å². The molecule has 1 saturated carbocycles. The minimum Gasteiger partial charge on any atom is -0.333 e. The molecule has 1 aliphatic heterocycles. The molecule has 2 heterocycles. The fraction of sp³-hybridized carbons (Fsp3) is 0.714. The number of amides is 1. The van der Waals surface area contributed by atoms with Crippen LogP contribution in [0.4, 0.5) is 0 Å². The SMILES string of the molecule is CC1CCN(C(=O)c2csc(C3CC3)n2)C(CN)C1.Cl.Cl. The van der Waals surface area contributed by atoms with Crippen LogP contribution in [0.3, 0.4) is 0 Å². The summed E-state index contributed by atoms with van der Waals surface area (Å²) in [6.07, 6.45) is 4.55. The number of thiazole rings is 1. The Morgan fingerprint density at radius 2 is 2.14 bits per heavy atom. The van der Waals surface area contributed by atoms with E-state index in [-0.39, 0.29) is 36.8 Å². The molecule has 0 radical (unpaired) electrons. The van der Waals surface area contributed by atoms with Gasteiger partial charge in [-0.05, 0) is 31.6 Å². The van der Waals surface area contributed by atoms with Crippen molar-refractivity contribution in [1.29, 1.82) is 0 Å². The summed E-state index contributed by atoms with van der Waals surface area (Å²) < 4.78 is 0. The second-order valence-electron chi connectivity index (χ2n) is 5.86. The number of likely N-dealkylation sites (tertiary alicyclic amines) is 1. The predicted octanol–water partition coefficient (Wildman–Crippen LogP) is 3.06. The molecule has 2 fully saturated rings. The number of carbonyl (C=O) groups excluding carboxylic acids is 1. The molecular weight excluding hydrogens is 329 g/mol. The summed E-state index contributed by atoms with van der Waals surface area (Å²) >= 11 is 1.63. The van der Waals surface area contributed by atoms with Gasteiger partial charge in [0, 0.05) is 30.4 Å². The van der Waals surface area contributed by atoms with Crippen LogP contribution in [0.1, 0.15) is 54.0 Å². The quantitative estimate of drug-likeness (QED) is 0.910. The van der Waals surface area contributed by atoms with E-state index in [4.69, 9.17) is 5.73 Å². The Balaban J connectivity index is 0.00000110. The molecule has 4 nitrogen and oxygen atoms in total. The summed E-state index contributed by atoms with van der Waals surface area (Å²) in [5.74, 6) is 1.36. The van der Waals surface area contributed by atoms with E-state index in [1.807, 2.05) is 10.3 Å². The zero-order valence-corrected chi connectivity index (χ0v) is 14.6. The lowest BCUT2D eigenvalue weighted by atomic mass is 9.92. The Hall–Kier alpha value is -0.360. The zero-order valence-electron chi connectivity index (χ0n) is 12.2. The Labute approximate surface area is 142 Å². The first-order chi connectivity index (χ1) is 9.19. The summed E-state index contributed by atoms with van der Waals surface area (Å²) in [5, 5.41) is 3.06. The minimum absolute atomic E-state index is 0. The van der Waals surface area contributed by atoms with E-state index in [2.05, 4.69) is 11.9 Å². The summed E-state index contributed by atoms with van der Waals surface area (Å²) in [7, 11) is 0. The molecule has 2 unspecified atom stereocenters. The number of piperidine rings is 1. The molecule has 1 amide bonds. The second-order valence-corrected chi connectivity index (χ2v) is 6.75. The molecule has 0 bridgehead atoms. The highest BCUT2D eigenvalue weighted by atomic mass is 35.5. The van der Waals surface area contributed by atoms with Gasteiger partial charge < -0.3 is 10.6 Å². The number of rotatable bonds is 3. The van der Waals surface area contributed by atoms with Gasteiger partial charge in [0.2, 0.25) is 0 Å². The number of nitrogens with two attached hydrogens (primary N) is 1. The van der Waals surface area contributed by atoms with E-state index >= 15 is 0 Å². The maximum absolute atomic E-state index is 12.5. The van der Waals surface area contributed by atoms with E-state index in [0.29, 0.717) is 24.1 Å². The van der Waals surface area contributed by atoms with Gasteiger partial charge in [0.15, 0.2) is 0 Å². The number of carbonyl (C=O) groups is 1. The van der Waals surface area contributed by atoms with Crippen molar-refractivity contribution in [3.8, 4) is 0 Å². The van der Waals surface area contributed by atoms with Crippen LogP contribution in [-0.2, 0) is 0 Å². The lowest BCUT2D eigenvalue weighted by Gasteiger charge is -2.37. The van der Waals surface area contributed by atoms with Crippen LogP contribution >= 0.6 is 36.2 Å². The third-order valence-electron chi connectivity index (χ3n) is 4.18. The molecule has 2 atom stereocenters. The van der Waals surface area contributed by atoms with Gasteiger partial charge in [0.25, 0.3) is 5.91 Å². The molecule has 1 aromatic heterocycles. The molecular formula is C14H23Cl2N3OS. The Bertz CT molecular complexity index is 479. The second kappa shape index (κ2) is 7.77. The lowest BCUT2D eigenvalue weighted by molar-refractivity contribution is 0.0568. The number of halogens is 2. The van der Waals surface area contributed by atoms with Gasteiger partial charge in [-0.2, -0.15) is 0 Å². The maximum Gasteiger partial charge on any atom is 0.273 e. The minimum atomic E-state index is 0. The summed E-state index contributed by atoms with van der Waals surface area (Å²) in [5.41, 5.74) is 6.45. The average molecular weight is 352 g/mol. The van der Waals surface area contributed by atoms with Crippen molar-refractivity contribution in [3.05, 3.63) is 16.1 Å². The summed E-state index contributed by atoms with van der Waals surface area (Å²) in [6, 6.07) is 0.183. The number of hydrogen-bond acceptors (Lipinski definition) is 4. The molecule has 7 heteroatoms. The maximum atomic E-state index is 12.5. The summed E-state index contributed by atoms with van der Waals surface area (Å²) in [6.45, 7) is 3.60. The van der Waals surface area contributed by atoms with E-state index in [9.17, 15) is 4.79 Å². The normalized spacial score (nSPS) is 25.0. The monoisotopic (exact) mass is 351 g/mol. The molecule has 1 saturated heterocycles. The van der Waals surface area contributed by atoms with Gasteiger partial charge in [-0.3, -0.25) is 4.79 Å². The van der Waals surface area contributed by atoms with Gasteiger partial charge in [0.05, 0.1) is 5.01 Å². The lowest BCUT2D eigenvalue weighted by Crippen LogP contribution is -2.49. The van der Waals surface area contributed by atoms with Crippen molar-refractivity contribution in [1.82, 2.24) is 9.88 Å². The first-order valence-corrected chi connectivity index (χ1v) is 8.03. The zero-order chi connectivity index (χ0) is 13.4. The Morgan fingerprint density at radius 3 is 2.76 bits per heavy atom. The van der Waals surface area contributed by atoms with Gasteiger partial charge >= 0.3 is 0 Å². The van der Waals surface area contributed by atoms with Crippen LogP contribution in [-0.4, -0.2) is 34.9 Å². The van der Waals surface area contributed by atoms with Crippen LogP contribution < -0.4 is 5.73 Å². The molecule has 2 aliphatic rings. The van der Waals surface area contributed by atoms with Crippen LogP contribution in [0, 0.1) is 5.92 Å². The highest BCUT2D eigenvalue weighted by Gasteiger charge is 2.32. The van der Waals surface area contributed by atoms with E-state index in [1.165, 1.54) is 12.8 Å². The van der Waals surface area contributed by atoms with Gasteiger partial charge in [-0.25, -0.2) is 4.98 Å². The highest BCUT2D eigenvalue weighted by Crippen LogP contribution is 2.41. The van der Waals surface area contributed by atoms with Crippen molar-refractivity contribution < 1.29 is 4.79 Å². The number of nitrogens with zero attached hydrogens (tertiary/aromatic N) is 2. The first-order valence-electron chi connectivity index (χ1n) is 7.15. The predicted molar refractivity (Wildman–Crippen MR) is 90.9 cm³/mol. The van der Waals surface area contributed by atoms with E-state index in [0.717, 1.165) is 24.4 Å². The molecule has 0 aromatic carbocycles. The fourth-order valence-corrected chi connectivity index (χ4v) is 3.76. The summed E-state index contributed by atoms with van der Waals surface area (Å²) in [4.78, 5) is 19.0. The van der Waals surface area contributed by atoms with E-state index < -0.39 is 0 Å². The van der Waals surface area contributed by atoms with Crippen molar-refractivity contribution >= 4 is 42.1 Å². The van der Waals surface area contributed by atoms with Crippen LogP contribution in [0.2, 0.25) is 0 Å². The van der Waals surface area contributed by atoms with Crippen molar-refractivity contribution in [2.24, 2.45) is 11.7 Å². The van der Waals surface area contributed by atoms with Crippen LogP contribution in [0.15, 0.2) is 5.38 Å².